The molecular formula is C18H29N3. The van der Waals surface area contributed by atoms with Crippen molar-refractivity contribution >= 4 is 11.0 Å². The number of benzene rings is 1. The van der Waals surface area contributed by atoms with E-state index >= 15 is 0 Å². The molecule has 1 aromatic carbocycles. The number of aromatic nitrogens is 2. The summed E-state index contributed by atoms with van der Waals surface area (Å²) in [6.07, 6.45) is 3.44. The fraction of sp³-hybridized carbons (Fsp3) is 0.611. The smallest absolute Gasteiger partial charge is 0.111 e. The topological polar surface area (TPSA) is 29.9 Å². The lowest BCUT2D eigenvalue weighted by Crippen LogP contribution is -2.23. The SMILES string of the molecule is CCCCn1c(CCNCC(C)C)nc2cc(C)ccc21. The van der Waals surface area contributed by atoms with Crippen LogP contribution in [0.25, 0.3) is 11.0 Å². The van der Waals surface area contributed by atoms with E-state index in [4.69, 9.17) is 4.98 Å². The summed E-state index contributed by atoms with van der Waals surface area (Å²) in [5.41, 5.74) is 3.71. The van der Waals surface area contributed by atoms with Crippen molar-refractivity contribution in [3.8, 4) is 0 Å². The van der Waals surface area contributed by atoms with Gasteiger partial charge < -0.3 is 9.88 Å². The lowest BCUT2D eigenvalue weighted by atomic mass is 10.2. The van der Waals surface area contributed by atoms with Crippen LogP contribution in [0.4, 0.5) is 0 Å². The third-order valence-electron chi connectivity index (χ3n) is 3.80. The number of unbranched alkanes of at least 4 members (excludes halogenated alkanes) is 1. The molecule has 0 spiro atoms. The first-order chi connectivity index (χ1) is 10.1. The first kappa shape index (κ1) is 16.0. The number of nitrogens with one attached hydrogen (secondary N) is 1. The van der Waals surface area contributed by atoms with Gasteiger partial charge in [-0.3, -0.25) is 0 Å². The summed E-state index contributed by atoms with van der Waals surface area (Å²) < 4.78 is 2.41. The molecule has 1 N–H and O–H groups in total. The second-order valence-electron chi connectivity index (χ2n) is 6.37. The predicted molar refractivity (Wildman–Crippen MR) is 90.8 cm³/mol. The van der Waals surface area contributed by atoms with E-state index in [9.17, 15) is 0 Å². The Morgan fingerprint density at radius 1 is 1.29 bits per heavy atom. The van der Waals surface area contributed by atoms with Gasteiger partial charge in [0.15, 0.2) is 0 Å². The molecule has 0 fully saturated rings. The first-order valence-electron chi connectivity index (χ1n) is 8.28. The van der Waals surface area contributed by atoms with Gasteiger partial charge in [0.05, 0.1) is 11.0 Å². The van der Waals surface area contributed by atoms with E-state index in [2.05, 4.69) is 55.8 Å². The zero-order chi connectivity index (χ0) is 15.2. The molecule has 0 amide bonds. The highest BCUT2D eigenvalue weighted by atomic mass is 15.1. The quantitative estimate of drug-likeness (QED) is 0.745. The molecule has 0 radical (unpaired) electrons. The third-order valence-corrected chi connectivity index (χ3v) is 3.80. The third kappa shape index (κ3) is 4.31. The summed E-state index contributed by atoms with van der Waals surface area (Å²) in [6, 6.07) is 6.61. The molecule has 3 heteroatoms. The van der Waals surface area contributed by atoms with Gasteiger partial charge in [-0.2, -0.15) is 0 Å². The molecule has 3 nitrogen and oxygen atoms in total. The summed E-state index contributed by atoms with van der Waals surface area (Å²) in [5.74, 6) is 1.92. The number of hydrogen-bond acceptors (Lipinski definition) is 2. The average Bonchev–Trinajstić information content (AvgIpc) is 2.77. The first-order valence-corrected chi connectivity index (χ1v) is 8.28. The van der Waals surface area contributed by atoms with Crippen molar-refractivity contribution in [2.75, 3.05) is 13.1 Å². The van der Waals surface area contributed by atoms with Crippen molar-refractivity contribution in [2.24, 2.45) is 5.92 Å². The van der Waals surface area contributed by atoms with Gasteiger partial charge in [0.25, 0.3) is 0 Å². The summed E-state index contributed by atoms with van der Waals surface area (Å²) in [6.45, 7) is 12.0. The van der Waals surface area contributed by atoms with E-state index in [-0.39, 0.29) is 0 Å². The van der Waals surface area contributed by atoms with Gasteiger partial charge in [0.2, 0.25) is 0 Å². The predicted octanol–water partition coefficient (Wildman–Crippen LogP) is 3.93. The number of hydrogen-bond donors (Lipinski definition) is 1. The molecule has 0 atom stereocenters. The zero-order valence-corrected chi connectivity index (χ0v) is 13.9. The van der Waals surface area contributed by atoms with E-state index in [1.54, 1.807) is 0 Å². The Bertz CT molecular complexity index is 569. The van der Waals surface area contributed by atoms with E-state index < -0.39 is 0 Å². The maximum Gasteiger partial charge on any atom is 0.111 e. The Labute approximate surface area is 128 Å². The van der Waals surface area contributed by atoms with E-state index in [0.29, 0.717) is 5.92 Å². The molecule has 0 aliphatic carbocycles. The van der Waals surface area contributed by atoms with Crippen molar-refractivity contribution in [2.45, 2.75) is 53.5 Å². The number of aryl methyl sites for hydroxylation is 2. The number of imidazole rings is 1. The second-order valence-corrected chi connectivity index (χ2v) is 6.37. The minimum Gasteiger partial charge on any atom is -0.328 e. The molecule has 0 saturated carbocycles. The van der Waals surface area contributed by atoms with Gasteiger partial charge in [0, 0.05) is 19.5 Å². The summed E-state index contributed by atoms with van der Waals surface area (Å²) in [7, 11) is 0. The Morgan fingerprint density at radius 3 is 2.81 bits per heavy atom. The molecule has 0 bridgehead atoms. The molecule has 0 aliphatic heterocycles. The van der Waals surface area contributed by atoms with Crippen LogP contribution in [0, 0.1) is 12.8 Å². The van der Waals surface area contributed by atoms with Gasteiger partial charge in [-0.05, 0) is 43.5 Å². The van der Waals surface area contributed by atoms with Crippen LogP contribution in [0.5, 0.6) is 0 Å². The Balaban J connectivity index is 2.15. The van der Waals surface area contributed by atoms with Gasteiger partial charge >= 0.3 is 0 Å². The molecule has 1 heterocycles. The normalized spacial score (nSPS) is 11.7. The van der Waals surface area contributed by atoms with E-state index in [1.807, 2.05) is 0 Å². The molecular weight excluding hydrogens is 258 g/mol. The van der Waals surface area contributed by atoms with Crippen LogP contribution in [0.15, 0.2) is 18.2 Å². The minimum absolute atomic E-state index is 0.701. The van der Waals surface area contributed by atoms with Crippen LogP contribution < -0.4 is 5.32 Å². The van der Waals surface area contributed by atoms with Crippen molar-refractivity contribution in [1.82, 2.24) is 14.9 Å². The van der Waals surface area contributed by atoms with Gasteiger partial charge in [0.1, 0.15) is 5.82 Å². The Hall–Kier alpha value is -1.35. The molecule has 2 aromatic rings. The van der Waals surface area contributed by atoms with Crippen LogP contribution in [0.1, 0.15) is 45.0 Å². The number of rotatable bonds is 8. The largest absolute Gasteiger partial charge is 0.328 e. The van der Waals surface area contributed by atoms with Gasteiger partial charge in [-0.25, -0.2) is 4.98 Å². The van der Waals surface area contributed by atoms with Crippen LogP contribution in [0.3, 0.4) is 0 Å². The lowest BCUT2D eigenvalue weighted by molar-refractivity contribution is 0.540. The second kappa shape index (κ2) is 7.60. The highest BCUT2D eigenvalue weighted by Crippen LogP contribution is 2.19. The van der Waals surface area contributed by atoms with Crippen LogP contribution in [0.2, 0.25) is 0 Å². The standard InChI is InChI=1S/C18H29N3/c1-5-6-11-21-17-8-7-15(4)12-16(17)20-18(21)9-10-19-13-14(2)3/h7-8,12,14,19H,5-6,9-11,13H2,1-4H3. The summed E-state index contributed by atoms with van der Waals surface area (Å²) >= 11 is 0. The van der Waals surface area contributed by atoms with E-state index in [1.165, 1.54) is 29.7 Å². The molecule has 1 aromatic heterocycles. The minimum atomic E-state index is 0.701. The fourth-order valence-corrected chi connectivity index (χ4v) is 2.64. The lowest BCUT2D eigenvalue weighted by Gasteiger charge is -2.10. The highest BCUT2D eigenvalue weighted by Gasteiger charge is 2.10. The van der Waals surface area contributed by atoms with Crippen molar-refractivity contribution in [3.63, 3.8) is 0 Å². The highest BCUT2D eigenvalue weighted by molar-refractivity contribution is 5.76. The number of nitrogens with zero attached hydrogens (tertiary/aromatic N) is 2. The molecule has 0 saturated heterocycles. The van der Waals surface area contributed by atoms with Crippen molar-refractivity contribution in [1.29, 1.82) is 0 Å². The fourth-order valence-electron chi connectivity index (χ4n) is 2.64. The van der Waals surface area contributed by atoms with Crippen LogP contribution in [-0.2, 0) is 13.0 Å². The summed E-state index contributed by atoms with van der Waals surface area (Å²) in [4.78, 5) is 4.87. The Morgan fingerprint density at radius 2 is 2.10 bits per heavy atom. The van der Waals surface area contributed by atoms with Gasteiger partial charge in [-0.15, -0.1) is 0 Å². The van der Waals surface area contributed by atoms with E-state index in [0.717, 1.165) is 31.6 Å². The van der Waals surface area contributed by atoms with Crippen LogP contribution in [-0.4, -0.2) is 22.6 Å². The molecule has 2 rings (SSSR count). The maximum atomic E-state index is 4.87. The molecule has 21 heavy (non-hydrogen) atoms. The van der Waals surface area contributed by atoms with Crippen LogP contribution >= 0.6 is 0 Å². The Kier molecular flexibility index (Phi) is 5.80. The van der Waals surface area contributed by atoms with Crippen molar-refractivity contribution < 1.29 is 0 Å². The molecule has 0 unspecified atom stereocenters. The van der Waals surface area contributed by atoms with Gasteiger partial charge in [-0.1, -0.05) is 33.3 Å². The number of fused-ring (bicyclic) bond motifs is 1. The maximum absolute atomic E-state index is 4.87. The zero-order valence-electron chi connectivity index (χ0n) is 13.9. The van der Waals surface area contributed by atoms with Crippen molar-refractivity contribution in [3.05, 3.63) is 29.6 Å². The summed E-state index contributed by atoms with van der Waals surface area (Å²) in [5, 5.41) is 3.52. The molecule has 116 valence electrons. The molecule has 0 aliphatic rings. The monoisotopic (exact) mass is 287 g/mol. The average molecular weight is 287 g/mol.